The molecule has 2 aliphatic heterocycles. The SMILES string of the molecule is C/C=C/C=C/C(=O)N1CCC(N2CCCC2C(=O)O)CC1. The molecule has 0 saturated carbocycles. The molecule has 0 aliphatic carbocycles. The van der Waals surface area contributed by atoms with Gasteiger partial charge in [0.2, 0.25) is 5.91 Å². The van der Waals surface area contributed by atoms with Gasteiger partial charge in [0.25, 0.3) is 0 Å². The van der Waals surface area contributed by atoms with E-state index in [0.29, 0.717) is 19.1 Å². The van der Waals surface area contributed by atoms with Crippen LogP contribution >= 0.6 is 0 Å². The van der Waals surface area contributed by atoms with Crippen molar-refractivity contribution in [2.24, 2.45) is 0 Å². The van der Waals surface area contributed by atoms with Gasteiger partial charge >= 0.3 is 5.97 Å². The molecule has 2 heterocycles. The fourth-order valence-corrected chi connectivity index (χ4v) is 3.26. The molecule has 5 heteroatoms. The van der Waals surface area contributed by atoms with E-state index in [1.54, 1.807) is 12.2 Å². The molecule has 5 nitrogen and oxygen atoms in total. The maximum absolute atomic E-state index is 12.0. The van der Waals surface area contributed by atoms with Gasteiger partial charge in [-0.1, -0.05) is 18.2 Å². The molecule has 2 fully saturated rings. The second-order valence-electron chi connectivity index (χ2n) is 5.68. The van der Waals surface area contributed by atoms with Crippen molar-refractivity contribution in [3.8, 4) is 0 Å². The van der Waals surface area contributed by atoms with Crippen molar-refractivity contribution in [1.82, 2.24) is 9.80 Å². The van der Waals surface area contributed by atoms with Crippen molar-refractivity contribution in [2.75, 3.05) is 19.6 Å². The fraction of sp³-hybridized carbons (Fsp3) is 0.625. The summed E-state index contributed by atoms with van der Waals surface area (Å²) >= 11 is 0. The van der Waals surface area contributed by atoms with E-state index in [1.165, 1.54) is 0 Å². The number of carboxylic acids is 1. The first kappa shape index (κ1) is 15.8. The van der Waals surface area contributed by atoms with Gasteiger partial charge in [-0.05, 0) is 39.2 Å². The summed E-state index contributed by atoms with van der Waals surface area (Å²) in [5, 5.41) is 9.25. The molecule has 0 radical (unpaired) electrons. The molecular weight excluding hydrogens is 268 g/mol. The van der Waals surface area contributed by atoms with Crippen molar-refractivity contribution in [2.45, 2.75) is 44.7 Å². The van der Waals surface area contributed by atoms with E-state index in [0.717, 1.165) is 32.2 Å². The molecule has 0 aromatic heterocycles. The van der Waals surface area contributed by atoms with E-state index >= 15 is 0 Å². The van der Waals surface area contributed by atoms with E-state index in [4.69, 9.17) is 0 Å². The molecule has 1 unspecified atom stereocenters. The van der Waals surface area contributed by atoms with Crippen LogP contribution in [0.4, 0.5) is 0 Å². The second kappa shape index (κ2) is 7.41. The number of hydrogen-bond donors (Lipinski definition) is 1. The van der Waals surface area contributed by atoms with Crippen LogP contribution in [-0.2, 0) is 9.59 Å². The zero-order chi connectivity index (χ0) is 15.2. The number of amides is 1. The average molecular weight is 292 g/mol. The third-order valence-corrected chi connectivity index (χ3v) is 4.37. The Morgan fingerprint density at radius 2 is 1.81 bits per heavy atom. The number of carbonyl (C=O) groups excluding carboxylic acids is 1. The minimum atomic E-state index is -0.708. The van der Waals surface area contributed by atoms with E-state index in [9.17, 15) is 14.7 Å². The summed E-state index contributed by atoms with van der Waals surface area (Å²) < 4.78 is 0. The highest BCUT2D eigenvalue weighted by molar-refractivity contribution is 5.87. The number of carboxylic acid groups (broad SMARTS) is 1. The van der Waals surface area contributed by atoms with Gasteiger partial charge in [-0.2, -0.15) is 0 Å². The number of hydrogen-bond acceptors (Lipinski definition) is 3. The Labute approximate surface area is 125 Å². The smallest absolute Gasteiger partial charge is 0.320 e. The quantitative estimate of drug-likeness (QED) is 0.632. The Morgan fingerprint density at radius 1 is 1.10 bits per heavy atom. The molecule has 2 saturated heterocycles. The Kier molecular flexibility index (Phi) is 5.56. The van der Waals surface area contributed by atoms with Gasteiger partial charge in [0, 0.05) is 25.2 Å². The van der Waals surface area contributed by atoms with Crippen molar-refractivity contribution in [1.29, 1.82) is 0 Å². The topological polar surface area (TPSA) is 60.9 Å². The predicted octanol–water partition coefficient (Wildman–Crippen LogP) is 1.66. The standard InChI is InChI=1S/C16H24N2O3/c1-2-3-4-7-15(19)17-11-8-13(9-12-17)18-10-5-6-14(18)16(20)21/h2-4,7,13-14H,5-6,8-12H2,1H3,(H,20,21)/b3-2+,7-4+. The Hall–Kier alpha value is -1.62. The zero-order valence-electron chi connectivity index (χ0n) is 12.6. The lowest BCUT2D eigenvalue weighted by Crippen LogP contribution is -2.49. The molecule has 0 aromatic carbocycles. The lowest BCUT2D eigenvalue weighted by atomic mass is 10.0. The van der Waals surface area contributed by atoms with E-state index in [2.05, 4.69) is 4.90 Å². The minimum Gasteiger partial charge on any atom is -0.480 e. The van der Waals surface area contributed by atoms with Crippen molar-refractivity contribution >= 4 is 11.9 Å². The summed E-state index contributed by atoms with van der Waals surface area (Å²) in [6.07, 6.45) is 10.5. The van der Waals surface area contributed by atoms with Crippen LogP contribution in [0.25, 0.3) is 0 Å². The third-order valence-electron chi connectivity index (χ3n) is 4.37. The maximum atomic E-state index is 12.0. The average Bonchev–Trinajstić information content (AvgIpc) is 2.97. The van der Waals surface area contributed by atoms with Crippen LogP contribution in [0.2, 0.25) is 0 Å². The van der Waals surface area contributed by atoms with E-state index in [-0.39, 0.29) is 11.9 Å². The molecule has 0 bridgehead atoms. The first-order chi connectivity index (χ1) is 10.1. The van der Waals surface area contributed by atoms with Gasteiger partial charge in [0.15, 0.2) is 0 Å². The van der Waals surface area contributed by atoms with Crippen LogP contribution in [0, 0.1) is 0 Å². The molecule has 0 aromatic rings. The first-order valence-electron chi connectivity index (χ1n) is 7.70. The Morgan fingerprint density at radius 3 is 2.43 bits per heavy atom. The molecule has 1 N–H and O–H groups in total. The first-order valence-corrected chi connectivity index (χ1v) is 7.70. The Balaban J connectivity index is 1.85. The monoisotopic (exact) mass is 292 g/mol. The fourth-order valence-electron chi connectivity index (χ4n) is 3.26. The third kappa shape index (κ3) is 3.94. The molecule has 116 valence electrons. The van der Waals surface area contributed by atoms with Crippen LogP contribution in [0.3, 0.4) is 0 Å². The number of nitrogens with zero attached hydrogens (tertiary/aromatic N) is 2. The minimum absolute atomic E-state index is 0.0442. The summed E-state index contributed by atoms with van der Waals surface area (Å²) in [4.78, 5) is 27.2. The van der Waals surface area contributed by atoms with Crippen LogP contribution in [-0.4, -0.2) is 58.5 Å². The number of allylic oxidation sites excluding steroid dienone is 3. The number of piperidine rings is 1. The van der Waals surface area contributed by atoms with E-state index < -0.39 is 5.97 Å². The molecule has 2 rings (SSSR count). The highest BCUT2D eigenvalue weighted by Crippen LogP contribution is 2.26. The highest BCUT2D eigenvalue weighted by Gasteiger charge is 2.36. The van der Waals surface area contributed by atoms with Gasteiger partial charge in [-0.25, -0.2) is 0 Å². The summed E-state index contributed by atoms with van der Waals surface area (Å²) in [6, 6.07) is -0.0241. The largest absolute Gasteiger partial charge is 0.480 e. The highest BCUT2D eigenvalue weighted by atomic mass is 16.4. The lowest BCUT2D eigenvalue weighted by molar-refractivity contribution is -0.143. The maximum Gasteiger partial charge on any atom is 0.320 e. The predicted molar refractivity (Wildman–Crippen MR) is 80.9 cm³/mol. The van der Waals surface area contributed by atoms with Gasteiger partial charge in [0.05, 0.1) is 0 Å². The van der Waals surface area contributed by atoms with Crippen LogP contribution in [0.5, 0.6) is 0 Å². The number of aliphatic carboxylic acids is 1. The van der Waals surface area contributed by atoms with Crippen LogP contribution in [0.1, 0.15) is 32.6 Å². The normalized spacial score (nSPS) is 25.2. The number of carbonyl (C=O) groups is 2. The molecule has 21 heavy (non-hydrogen) atoms. The van der Waals surface area contributed by atoms with Gasteiger partial charge in [-0.15, -0.1) is 0 Å². The number of rotatable bonds is 4. The molecule has 2 aliphatic rings. The molecular formula is C16H24N2O3. The van der Waals surface area contributed by atoms with Crippen molar-refractivity contribution in [3.63, 3.8) is 0 Å². The summed E-state index contributed by atoms with van der Waals surface area (Å²) in [7, 11) is 0. The van der Waals surface area contributed by atoms with Gasteiger partial charge in [0.1, 0.15) is 6.04 Å². The van der Waals surface area contributed by atoms with Crippen molar-refractivity contribution in [3.05, 3.63) is 24.3 Å². The molecule has 0 spiro atoms. The van der Waals surface area contributed by atoms with E-state index in [1.807, 2.05) is 24.0 Å². The van der Waals surface area contributed by atoms with Gasteiger partial charge in [-0.3, -0.25) is 14.5 Å². The Bertz CT molecular complexity index is 437. The second-order valence-corrected chi connectivity index (χ2v) is 5.68. The lowest BCUT2D eigenvalue weighted by Gasteiger charge is -2.38. The van der Waals surface area contributed by atoms with Crippen molar-refractivity contribution < 1.29 is 14.7 Å². The zero-order valence-corrected chi connectivity index (χ0v) is 12.6. The molecule has 1 amide bonds. The summed E-state index contributed by atoms with van der Waals surface area (Å²) in [5.74, 6) is -0.664. The molecule has 1 atom stereocenters. The summed E-state index contributed by atoms with van der Waals surface area (Å²) in [6.45, 7) is 4.21. The van der Waals surface area contributed by atoms with Crippen LogP contribution in [0.15, 0.2) is 24.3 Å². The number of likely N-dealkylation sites (tertiary alicyclic amines) is 2. The van der Waals surface area contributed by atoms with Gasteiger partial charge < -0.3 is 10.0 Å². The summed E-state index contributed by atoms with van der Waals surface area (Å²) in [5.41, 5.74) is 0. The van der Waals surface area contributed by atoms with Crippen LogP contribution < -0.4 is 0 Å².